The average Bonchev–Trinajstić information content (AvgIpc) is 3.84. The number of fused-ring (bicyclic) bond motifs is 14. The van der Waals surface area contributed by atoms with Gasteiger partial charge in [0.1, 0.15) is 0 Å². The topological polar surface area (TPSA) is 25.8 Å². The maximum absolute atomic E-state index is 4.49. The van der Waals surface area contributed by atoms with Gasteiger partial charge in [-0.25, -0.2) is 0 Å². The summed E-state index contributed by atoms with van der Waals surface area (Å²) in [5.41, 5.74) is 17.3. The Morgan fingerprint density at radius 3 is 1.18 bits per heavy atom. The van der Waals surface area contributed by atoms with E-state index in [4.69, 9.17) is 0 Å². The molecule has 0 saturated carbocycles. The van der Waals surface area contributed by atoms with E-state index in [1.807, 2.05) is 47.5 Å². The first-order valence-electron chi connectivity index (χ1n) is 18.9. The van der Waals surface area contributed by atoms with Gasteiger partial charge in [-0.15, -0.1) is 22.7 Å². The van der Waals surface area contributed by atoms with Crippen LogP contribution >= 0.6 is 22.7 Å². The van der Waals surface area contributed by atoms with Crippen LogP contribution in [0.2, 0.25) is 0 Å². The lowest BCUT2D eigenvalue weighted by Crippen LogP contribution is -1.97. The lowest BCUT2D eigenvalue weighted by Gasteiger charge is -2.23. The van der Waals surface area contributed by atoms with Crippen LogP contribution in [0.4, 0.5) is 0 Å². The summed E-state index contributed by atoms with van der Waals surface area (Å²) in [6, 6.07) is 58.6. The van der Waals surface area contributed by atoms with Gasteiger partial charge >= 0.3 is 0 Å². The van der Waals surface area contributed by atoms with Crippen molar-refractivity contribution in [2.75, 3.05) is 0 Å². The number of hydrogen-bond acceptors (Lipinski definition) is 4. The highest BCUT2D eigenvalue weighted by molar-refractivity contribution is 7.26. The molecule has 260 valence electrons. The maximum Gasteiger partial charge on any atom is 0.0434 e. The highest BCUT2D eigenvalue weighted by Crippen LogP contribution is 2.50. The molecule has 0 fully saturated rings. The smallest absolute Gasteiger partial charge is 0.0434 e. The minimum atomic E-state index is 1.19. The molecule has 0 bridgehead atoms. The van der Waals surface area contributed by atoms with Crippen molar-refractivity contribution in [3.05, 3.63) is 183 Å². The fourth-order valence-corrected chi connectivity index (χ4v) is 11.3. The summed E-state index contributed by atoms with van der Waals surface area (Å²) < 4.78 is 5.08. The van der Waals surface area contributed by atoms with E-state index in [1.165, 1.54) is 118 Å². The molecule has 56 heavy (non-hydrogen) atoms. The molecule has 11 aromatic rings. The van der Waals surface area contributed by atoms with Crippen LogP contribution in [0.1, 0.15) is 0 Å². The molecule has 0 amide bonds. The summed E-state index contributed by atoms with van der Waals surface area (Å²) in [5.74, 6) is 0. The van der Waals surface area contributed by atoms with Gasteiger partial charge in [-0.1, -0.05) is 121 Å². The second-order valence-corrected chi connectivity index (χ2v) is 16.6. The molecule has 1 aliphatic rings. The number of pyridine rings is 2. The molecule has 1 aliphatic carbocycles. The lowest BCUT2D eigenvalue weighted by atomic mass is 9.80. The molecule has 2 nitrogen and oxygen atoms in total. The Hall–Kier alpha value is -6.72. The molecule has 4 aromatic heterocycles. The zero-order valence-corrected chi connectivity index (χ0v) is 31.7. The molecule has 7 aromatic carbocycles. The maximum atomic E-state index is 4.49. The molecule has 0 atom stereocenters. The zero-order valence-electron chi connectivity index (χ0n) is 30.0. The number of hydrogen-bond donors (Lipinski definition) is 0. The standard InChI is InChI=1S/C52H30N2S2/c1-2-10-38-37(9-1)39-11-3-4-13-41(39)43-20-19-31(28-46(43)42-14-6-5-12-40(38)42)32-25-33(35-15-7-17-44-47-29-53-23-21-49(47)55-51(35)44)27-34(26-32)36-16-8-18-45-48-30-54-24-22-50(48)56-52(36)45/h1-30H. The van der Waals surface area contributed by atoms with Gasteiger partial charge in [-0.05, 0) is 114 Å². The van der Waals surface area contributed by atoms with E-state index in [9.17, 15) is 0 Å². The number of thiophene rings is 2. The van der Waals surface area contributed by atoms with E-state index in [0.29, 0.717) is 0 Å². The van der Waals surface area contributed by atoms with Crippen LogP contribution in [0.3, 0.4) is 0 Å². The normalized spacial score (nSPS) is 11.9. The highest BCUT2D eigenvalue weighted by atomic mass is 32.1. The summed E-state index contributed by atoms with van der Waals surface area (Å²) in [7, 11) is 0. The van der Waals surface area contributed by atoms with Gasteiger partial charge < -0.3 is 0 Å². The molecule has 0 radical (unpaired) electrons. The number of nitrogens with zero attached hydrogens (tertiary/aromatic N) is 2. The highest BCUT2D eigenvalue weighted by Gasteiger charge is 2.23. The van der Waals surface area contributed by atoms with Crippen molar-refractivity contribution >= 4 is 63.0 Å². The third-order valence-corrected chi connectivity index (χ3v) is 13.9. The van der Waals surface area contributed by atoms with Gasteiger partial charge in [0.05, 0.1) is 0 Å². The third-order valence-electron chi connectivity index (χ3n) is 11.4. The Morgan fingerprint density at radius 2 is 0.696 bits per heavy atom. The molecule has 12 rings (SSSR count). The van der Waals surface area contributed by atoms with Crippen LogP contribution in [0.15, 0.2) is 183 Å². The first-order chi connectivity index (χ1) is 27.8. The number of rotatable bonds is 3. The average molecular weight is 747 g/mol. The number of aromatic nitrogens is 2. The van der Waals surface area contributed by atoms with Crippen LogP contribution in [0.25, 0.3) is 118 Å². The van der Waals surface area contributed by atoms with Gasteiger partial charge in [0.2, 0.25) is 0 Å². The van der Waals surface area contributed by atoms with Crippen LogP contribution < -0.4 is 0 Å². The van der Waals surface area contributed by atoms with Crippen molar-refractivity contribution in [1.29, 1.82) is 0 Å². The van der Waals surface area contributed by atoms with E-state index in [-0.39, 0.29) is 0 Å². The predicted molar refractivity (Wildman–Crippen MR) is 239 cm³/mol. The Morgan fingerprint density at radius 1 is 0.286 bits per heavy atom. The molecule has 0 unspecified atom stereocenters. The molecule has 4 heteroatoms. The van der Waals surface area contributed by atoms with Crippen molar-refractivity contribution < 1.29 is 0 Å². The molecular weight excluding hydrogens is 717 g/mol. The Kier molecular flexibility index (Phi) is 7.00. The second kappa shape index (κ2) is 12.4. The molecule has 0 N–H and O–H groups in total. The van der Waals surface area contributed by atoms with Gasteiger partial charge in [-0.3, -0.25) is 9.97 Å². The summed E-state index contributed by atoms with van der Waals surface area (Å²) in [5, 5.41) is 4.91. The van der Waals surface area contributed by atoms with E-state index in [2.05, 4.69) is 168 Å². The molecule has 0 spiro atoms. The van der Waals surface area contributed by atoms with Crippen molar-refractivity contribution in [2.24, 2.45) is 0 Å². The summed E-state index contributed by atoms with van der Waals surface area (Å²) in [6.45, 7) is 0. The minimum absolute atomic E-state index is 1.19. The Balaban J connectivity index is 1.13. The summed E-state index contributed by atoms with van der Waals surface area (Å²) >= 11 is 3.70. The van der Waals surface area contributed by atoms with Crippen molar-refractivity contribution in [3.8, 4) is 77.9 Å². The lowest BCUT2D eigenvalue weighted by molar-refractivity contribution is 1.37. The van der Waals surface area contributed by atoms with Gasteiger partial charge in [0.25, 0.3) is 0 Å². The van der Waals surface area contributed by atoms with Gasteiger partial charge in [0.15, 0.2) is 0 Å². The van der Waals surface area contributed by atoms with Crippen LogP contribution in [0, 0.1) is 0 Å². The number of benzene rings is 7. The van der Waals surface area contributed by atoms with Gasteiger partial charge in [-0.2, -0.15) is 0 Å². The molecule has 4 heterocycles. The fraction of sp³-hybridized carbons (Fsp3) is 0. The SMILES string of the molecule is c1ccc2c(c1)-c1ccccc1-c1ccc(-c3cc(-c4cccc5c4sc4ccncc45)cc(-c4cccc5c4sc4ccncc45)c3)cc1-c1ccccc1-2. The quantitative estimate of drug-likeness (QED) is 0.180. The largest absolute Gasteiger partial charge is 0.264 e. The third kappa shape index (κ3) is 4.80. The Bertz CT molecular complexity index is 3250. The van der Waals surface area contributed by atoms with Crippen molar-refractivity contribution in [3.63, 3.8) is 0 Å². The Labute approximate surface area is 331 Å². The van der Waals surface area contributed by atoms with E-state index in [1.54, 1.807) is 0 Å². The van der Waals surface area contributed by atoms with E-state index >= 15 is 0 Å². The summed E-state index contributed by atoms with van der Waals surface area (Å²) in [6.07, 6.45) is 7.80. The predicted octanol–water partition coefficient (Wildman–Crippen LogP) is 15.2. The van der Waals surface area contributed by atoms with Crippen LogP contribution in [-0.4, -0.2) is 9.97 Å². The van der Waals surface area contributed by atoms with E-state index in [0.717, 1.165) is 0 Å². The van der Waals surface area contributed by atoms with Crippen molar-refractivity contribution in [2.45, 2.75) is 0 Å². The monoisotopic (exact) mass is 746 g/mol. The van der Waals surface area contributed by atoms with Crippen LogP contribution in [0.5, 0.6) is 0 Å². The molecule has 0 saturated heterocycles. The second-order valence-electron chi connectivity index (χ2n) is 14.5. The molecular formula is C52H30N2S2. The summed E-state index contributed by atoms with van der Waals surface area (Å²) in [4.78, 5) is 8.97. The first-order valence-corrected chi connectivity index (χ1v) is 20.5. The van der Waals surface area contributed by atoms with Crippen molar-refractivity contribution in [1.82, 2.24) is 9.97 Å². The van der Waals surface area contributed by atoms with Crippen LogP contribution in [-0.2, 0) is 0 Å². The minimum Gasteiger partial charge on any atom is -0.264 e. The zero-order chi connectivity index (χ0) is 36.7. The first kappa shape index (κ1) is 31.6. The van der Waals surface area contributed by atoms with E-state index < -0.39 is 0 Å². The fourth-order valence-electron chi connectivity index (χ4n) is 8.88. The molecule has 0 aliphatic heterocycles. The van der Waals surface area contributed by atoms with Gasteiger partial charge in [0, 0.05) is 65.1 Å².